The van der Waals surface area contributed by atoms with E-state index in [-0.39, 0.29) is 17.9 Å². The fourth-order valence-electron chi connectivity index (χ4n) is 3.49. The molecule has 1 atom stereocenters. The zero-order valence-corrected chi connectivity index (χ0v) is 16.0. The summed E-state index contributed by atoms with van der Waals surface area (Å²) in [5.41, 5.74) is 1.72. The Kier molecular flexibility index (Phi) is 6.11. The second kappa shape index (κ2) is 8.70. The van der Waals surface area contributed by atoms with E-state index in [4.69, 9.17) is 0 Å². The van der Waals surface area contributed by atoms with Crippen LogP contribution in [0.3, 0.4) is 0 Å². The zero-order valence-electron chi connectivity index (χ0n) is 16.0. The van der Waals surface area contributed by atoms with Gasteiger partial charge in [0.2, 0.25) is 5.91 Å². The van der Waals surface area contributed by atoms with Gasteiger partial charge in [0.25, 0.3) is 0 Å². The Morgan fingerprint density at radius 1 is 1.22 bits per heavy atom. The summed E-state index contributed by atoms with van der Waals surface area (Å²) in [6.07, 6.45) is 7.02. The lowest BCUT2D eigenvalue weighted by Gasteiger charge is -2.34. The second-order valence-corrected chi connectivity index (χ2v) is 6.74. The van der Waals surface area contributed by atoms with Gasteiger partial charge in [0, 0.05) is 49.9 Å². The third-order valence-corrected chi connectivity index (χ3v) is 5.05. The standard InChI is InChI=1S/C20H27N5O2/c1-3-23(4-2)19(26)16-6-5-12-24(14-16)20(27)22-17-7-9-18(10-8-17)25-13-11-21-15-25/h7-11,13,15-16H,3-6,12,14H2,1-2H3,(H,22,27)/t16-/m0/s1. The van der Waals surface area contributed by atoms with Crippen molar-refractivity contribution < 1.29 is 9.59 Å². The van der Waals surface area contributed by atoms with Crippen LogP contribution in [0.2, 0.25) is 0 Å². The molecular weight excluding hydrogens is 342 g/mol. The number of nitrogens with one attached hydrogen (secondary N) is 1. The van der Waals surface area contributed by atoms with Crippen molar-refractivity contribution in [2.45, 2.75) is 26.7 Å². The Hall–Kier alpha value is -2.83. The number of anilines is 1. The molecule has 3 amide bonds. The number of amides is 3. The molecule has 144 valence electrons. The number of carbonyl (C=O) groups excluding carboxylic acids is 2. The van der Waals surface area contributed by atoms with Crippen LogP contribution in [0.1, 0.15) is 26.7 Å². The van der Waals surface area contributed by atoms with Gasteiger partial charge in [-0.05, 0) is 51.0 Å². The van der Waals surface area contributed by atoms with Crippen LogP contribution in [0.5, 0.6) is 0 Å². The highest BCUT2D eigenvalue weighted by Crippen LogP contribution is 2.20. The minimum absolute atomic E-state index is 0.104. The van der Waals surface area contributed by atoms with Gasteiger partial charge >= 0.3 is 6.03 Å². The molecule has 1 aromatic heterocycles. The molecule has 0 bridgehead atoms. The molecule has 0 spiro atoms. The first-order chi connectivity index (χ1) is 13.1. The molecule has 1 aliphatic heterocycles. The summed E-state index contributed by atoms with van der Waals surface area (Å²) in [6, 6.07) is 7.45. The molecule has 1 saturated heterocycles. The van der Waals surface area contributed by atoms with Crippen LogP contribution < -0.4 is 5.32 Å². The van der Waals surface area contributed by atoms with Gasteiger partial charge in [-0.3, -0.25) is 4.79 Å². The van der Waals surface area contributed by atoms with Crippen molar-refractivity contribution in [3.8, 4) is 5.69 Å². The molecule has 1 fully saturated rings. The number of piperidine rings is 1. The molecule has 3 rings (SSSR count). The Bertz CT molecular complexity index is 753. The lowest BCUT2D eigenvalue weighted by molar-refractivity contribution is -0.136. The lowest BCUT2D eigenvalue weighted by atomic mass is 9.96. The summed E-state index contributed by atoms with van der Waals surface area (Å²) in [4.78, 5) is 32.9. The van der Waals surface area contributed by atoms with E-state index in [2.05, 4.69) is 10.3 Å². The molecule has 2 heterocycles. The van der Waals surface area contributed by atoms with Crippen LogP contribution in [0.15, 0.2) is 43.0 Å². The Morgan fingerprint density at radius 2 is 1.96 bits per heavy atom. The first kappa shape index (κ1) is 18.9. The van der Waals surface area contributed by atoms with Gasteiger partial charge < -0.3 is 19.7 Å². The van der Waals surface area contributed by atoms with Gasteiger partial charge in [0.15, 0.2) is 0 Å². The number of aromatic nitrogens is 2. The summed E-state index contributed by atoms with van der Waals surface area (Å²) in [6.45, 7) is 6.56. The van der Waals surface area contributed by atoms with Gasteiger partial charge in [0.1, 0.15) is 0 Å². The van der Waals surface area contributed by atoms with Crippen molar-refractivity contribution in [2.75, 3.05) is 31.5 Å². The van der Waals surface area contributed by atoms with Gasteiger partial charge in [-0.2, -0.15) is 0 Å². The number of benzene rings is 1. The number of hydrogen-bond acceptors (Lipinski definition) is 3. The van der Waals surface area contributed by atoms with Crippen molar-refractivity contribution >= 4 is 17.6 Å². The maximum Gasteiger partial charge on any atom is 0.321 e. The van der Waals surface area contributed by atoms with E-state index in [0.29, 0.717) is 26.2 Å². The summed E-state index contributed by atoms with van der Waals surface area (Å²) >= 11 is 0. The van der Waals surface area contributed by atoms with E-state index in [1.54, 1.807) is 17.4 Å². The van der Waals surface area contributed by atoms with Crippen LogP contribution >= 0.6 is 0 Å². The molecule has 0 aliphatic carbocycles. The first-order valence-corrected chi connectivity index (χ1v) is 9.55. The third kappa shape index (κ3) is 4.48. The van der Waals surface area contributed by atoms with Crippen LogP contribution in [0.25, 0.3) is 5.69 Å². The maximum absolute atomic E-state index is 12.6. The maximum atomic E-state index is 12.6. The second-order valence-electron chi connectivity index (χ2n) is 6.74. The number of imidazole rings is 1. The Labute approximate surface area is 160 Å². The van der Waals surface area contributed by atoms with Crippen molar-refractivity contribution in [3.63, 3.8) is 0 Å². The molecule has 0 radical (unpaired) electrons. The molecule has 1 aliphatic rings. The smallest absolute Gasteiger partial charge is 0.321 e. The molecule has 27 heavy (non-hydrogen) atoms. The van der Waals surface area contributed by atoms with Crippen molar-refractivity contribution in [1.29, 1.82) is 0 Å². The van der Waals surface area contributed by atoms with Crippen LogP contribution in [-0.2, 0) is 4.79 Å². The fourth-order valence-corrected chi connectivity index (χ4v) is 3.49. The number of nitrogens with zero attached hydrogens (tertiary/aromatic N) is 4. The van der Waals surface area contributed by atoms with Gasteiger partial charge in [-0.15, -0.1) is 0 Å². The minimum Gasteiger partial charge on any atom is -0.343 e. The average molecular weight is 369 g/mol. The molecule has 7 nitrogen and oxygen atoms in total. The van der Waals surface area contributed by atoms with Gasteiger partial charge in [-0.1, -0.05) is 0 Å². The van der Waals surface area contributed by atoms with Crippen molar-refractivity contribution in [1.82, 2.24) is 19.4 Å². The quantitative estimate of drug-likeness (QED) is 0.881. The SMILES string of the molecule is CCN(CC)C(=O)[C@H]1CCCN(C(=O)Nc2ccc(-n3ccnc3)cc2)C1. The number of hydrogen-bond donors (Lipinski definition) is 1. The van der Waals surface area contributed by atoms with Crippen molar-refractivity contribution in [2.24, 2.45) is 5.92 Å². The van der Waals surface area contributed by atoms with Crippen molar-refractivity contribution in [3.05, 3.63) is 43.0 Å². The van der Waals surface area contributed by atoms with Gasteiger partial charge in [-0.25, -0.2) is 9.78 Å². The van der Waals surface area contributed by atoms with Gasteiger partial charge in [0.05, 0.1) is 12.2 Å². The van der Waals surface area contributed by atoms with E-state index >= 15 is 0 Å². The molecule has 0 unspecified atom stereocenters. The topological polar surface area (TPSA) is 70.5 Å². The third-order valence-electron chi connectivity index (χ3n) is 5.05. The summed E-state index contributed by atoms with van der Waals surface area (Å²) in [5, 5.41) is 2.94. The summed E-state index contributed by atoms with van der Waals surface area (Å²) in [5.74, 6) is 0.0511. The summed E-state index contributed by atoms with van der Waals surface area (Å²) in [7, 11) is 0. The number of urea groups is 1. The largest absolute Gasteiger partial charge is 0.343 e. The van der Waals surface area contributed by atoms with E-state index in [1.807, 2.05) is 53.8 Å². The zero-order chi connectivity index (χ0) is 19.2. The molecule has 0 saturated carbocycles. The molecule has 1 aromatic carbocycles. The number of rotatable bonds is 5. The predicted molar refractivity (Wildman–Crippen MR) is 105 cm³/mol. The minimum atomic E-state index is -0.151. The normalized spacial score (nSPS) is 16.8. The molecule has 1 N–H and O–H groups in total. The number of carbonyl (C=O) groups is 2. The monoisotopic (exact) mass is 369 g/mol. The molecule has 7 heteroatoms. The van der Waals surface area contributed by atoms with Crippen LogP contribution in [0.4, 0.5) is 10.5 Å². The lowest BCUT2D eigenvalue weighted by Crippen LogP contribution is -2.47. The highest BCUT2D eigenvalue weighted by Gasteiger charge is 2.30. The summed E-state index contributed by atoms with van der Waals surface area (Å²) < 4.78 is 1.90. The predicted octanol–water partition coefficient (Wildman–Crippen LogP) is 2.98. The highest BCUT2D eigenvalue weighted by atomic mass is 16.2. The van der Waals surface area contributed by atoms with E-state index in [1.165, 1.54) is 0 Å². The Morgan fingerprint density at radius 3 is 2.59 bits per heavy atom. The van der Waals surface area contributed by atoms with E-state index in [0.717, 1.165) is 24.2 Å². The highest BCUT2D eigenvalue weighted by molar-refractivity contribution is 5.90. The Balaban J connectivity index is 1.59. The first-order valence-electron chi connectivity index (χ1n) is 9.55. The van der Waals surface area contributed by atoms with Crippen LogP contribution in [-0.4, -0.2) is 57.5 Å². The van der Waals surface area contributed by atoms with Crippen LogP contribution in [0, 0.1) is 5.92 Å². The van der Waals surface area contributed by atoms with E-state index in [9.17, 15) is 9.59 Å². The van der Waals surface area contributed by atoms with E-state index < -0.39 is 0 Å². The average Bonchev–Trinajstić information content (AvgIpc) is 3.24. The fraction of sp³-hybridized carbons (Fsp3) is 0.450. The number of likely N-dealkylation sites (tertiary alicyclic amines) is 1. The molecule has 2 aromatic rings. The molecular formula is C20H27N5O2.